The Morgan fingerprint density at radius 1 is 1.09 bits per heavy atom. The second-order valence-electron chi connectivity index (χ2n) is 5.32. The topological polar surface area (TPSA) is 120 Å². The molecule has 1 aromatic heterocycles. The van der Waals surface area contributed by atoms with E-state index in [2.05, 4.69) is 0 Å². The summed E-state index contributed by atoms with van der Waals surface area (Å²) in [5.41, 5.74) is 11.7. The number of furan rings is 1. The molecule has 1 aliphatic heterocycles. The van der Waals surface area contributed by atoms with Crippen LogP contribution in [0.2, 0.25) is 0 Å². The number of amides is 3. The molecule has 0 bridgehead atoms. The molecule has 0 radical (unpaired) electrons. The van der Waals surface area contributed by atoms with E-state index in [1.54, 1.807) is 36.4 Å². The monoisotopic (exact) mass is 313 g/mol. The lowest BCUT2D eigenvalue weighted by molar-refractivity contribution is -0.118. The van der Waals surface area contributed by atoms with Gasteiger partial charge in [0.2, 0.25) is 5.91 Å². The Kier molecular flexibility index (Phi) is 3.71. The van der Waals surface area contributed by atoms with Crippen molar-refractivity contribution < 1.29 is 18.8 Å². The summed E-state index contributed by atoms with van der Waals surface area (Å²) >= 11 is 0. The molecule has 3 rings (SSSR count). The number of fused-ring (bicyclic) bond motifs is 1. The molecular formula is C16H15N3O4. The van der Waals surface area contributed by atoms with Crippen molar-refractivity contribution in [3.8, 4) is 0 Å². The van der Waals surface area contributed by atoms with Gasteiger partial charge in [0.1, 0.15) is 11.5 Å². The van der Waals surface area contributed by atoms with Gasteiger partial charge < -0.3 is 15.9 Å². The fraction of sp³-hybridized carbons (Fsp3) is 0.188. The maximum Gasteiger partial charge on any atom is 0.261 e. The molecule has 2 aromatic rings. The number of hydrogen-bond donors (Lipinski definition) is 2. The Morgan fingerprint density at radius 2 is 1.70 bits per heavy atom. The highest BCUT2D eigenvalue weighted by atomic mass is 16.3. The SMILES string of the molecule is NC(=O)CC(N)c1ccc(CN2C(=O)c3ccccc3C2=O)o1. The third-order valence-electron chi connectivity index (χ3n) is 3.66. The summed E-state index contributed by atoms with van der Waals surface area (Å²) in [6.07, 6.45) is -0.0417. The van der Waals surface area contributed by atoms with Crippen molar-refractivity contribution in [2.45, 2.75) is 19.0 Å². The Balaban J connectivity index is 1.76. The van der Waals surface area contributed by atoms with Gasteiger partial charge in [-0.15, -0.1) is 0 Å². The minimum Gasteiger partial charge on any atom is -0.462 e. The summed E-state index contributed by atoms with van der Waals surface area (Å²) in [6.45, 7) is 0.00956. The molecule has 0 spiro atoms. The van der Waals surface area contributed by atoms with Crippen LogP contribution in [0.5, 0.6) is 0 Å². The molecule has 7 nitrogen and oxygen atoms in total. The van der Waals surface area contributed by atoms with Crippen LogP contribution in [0.25, 0.3) is 0 Å². The van der Waals surface area contributed by atoms with Crippen LogP contribution in [-0.2, 0) is 11.3 Å². The molecule has 0 fully saturated rings. The van der Waals surface area contributed by atoms with Gasteiger partial charge in [-0.2, -0.15) is 0 Å². The Bertz CT molecular complexity index is 761. The molecule has 118 valence electrons. The number of primary amides is 1. The number of nitrogens with two attached hydrogens (primary N) is 2. The number of imide groups is 1. The predicted molar refractivity (Wildman–Crippen MR) is 80.1 cm³/mol. The van der Waals surface area contributed by atoms with Gasteiger partial charge in [0.25, 0.3) is 11.8 Å². The first-order valence-electron chi connectivity index (χ1n) is 7.05. The lowest BCUT2D eigenvalue weighted by Gasteiger charge is -2.12. The molecule has 4 N–H and O–H groups in total. The van der Waals surface area contributed by atoms with Crippen LogP contribution in [0, 0.1) is 0 Å². The molecule has 1 aromatic carbocycles. The molecule has 7 heteroatoms. The lowest BCUT2D eigenvalue weighted by Crippen LogP contribution is -2.28. The first kappa shape index (κ1) is 15.0. The minimum absolute atomic E-state index is 0.00956. The highest BCUT2D eigenvalue weighted by Gasteiger charge is 2.35. The van der Waals surface area contributed by atoms with Crippen LogP contribution in [0.1, 0.15) is 44.7 Å². The van der Waals surface area contributed by atoms with Gasteiger partial charge in [-0.25, -0.2) is 0 Å². The first-order valence-corrected chi connectivity index (χ1v) is 7.05. The third kappa shape index (κ3) is 2.74. The lowest BCUT2D eigenvalue weighted by atomic mass is 10.1. The fourth-order valence-corrected chi connectivity index (χ4v) is 2.53. The van der Waals surface area contributed by atoms with Crippen LogP contribution in [0.15, 0.2) is 40.8 Å². The largest absolute Gasteiger partial charge is 0.462 e. The molecule has 1 unspecified atom stereocenters. The summed E-state index contributed by atoms with van der Waals surface area (Å²) in [4.78, 5) is 36.6. The smallest absolute Gasteiger partial charge is 0.261 e. The van der Waals surface area contributed by atoms with Crippen molar-refractivity contribution >= 4 is 17.7 Å². The van der Waals surface area contributed by atoms with E-state index < -0.39 is 11.9 Å². The number of benzene rings is 1. The van der Waals surface area contributed by atoms with Crippen molar-refractivity contribution in [3.63, 3.8) is 0 Å². The van der Waals surface area contributed by atoms with E-state index in [0.29, 0.717) is 22.6 Å². The summed E-state index contributed by atoms with van der Waals surface area (Å²) in [7, 11) is 0. The summed E-state index contributed by atoms with van der Waals surface area (Å²) in [5, 5.41) is 0. The van der Waals surface area contributed by atoms with Gasteiger partial charge in [0.15, 0.2) is 0 Å². The number of carbonyl (C=O) groups is 3. The van der Waals surface area contributed by atoms with Crippen molar-refractivity contribution in [2.75, 3.05) is 0 Å². The van der Waals surface area contributed by atoms with Crippen LogP contribution in [-0.4, -0.2) is 22.6 Å². The van der Waals surface area contributed by atoms with E-state index >= 15 is 0 Å². The number of hydrogen-bond acceptors (Lipinski definition) is 5. The van der Waals surface area contributed by atoms with Gasteiger partial charge in [0, 0.05) is 6.42 Å². The van der Waals surface area contributed by atoms with Crippen LogP contribution in [0.4, 0.5) is 0 Å². The number of carbonyl (C=O) groups excluding carboxylic acids is 3. The van der Waals surface area contributed by atoms with Crippen LogP contribution in [0.3, 0.4) is 0 Å². The Hall–Kier alpha value is -2.93. The highest BCUT2D eigenvalue weighted by molar-refractivity contribution is 6.21. The van der Waals surface area contributed by atoms with Crippen molar-refractivity contribution in [3.05, 3.63) is 59.0 Å². The molecular weight excluding hydrogens is 298 g/mol. The average molecular weight is 313 g/mol. The van der Waals surface area contributed by atoms with Crippen molar-refractivity contribution in [1.82, 2.24) is 4.90 Å². The molecule has 0 saturated heterocycles. The normalized spacial score (nSPS) is 14.9. The van der Waals surface area contributed by atoms with Gasteiger partial charge in [-0.05, 0) is 24.3 Å². The van der Waals surface area contributed by atoms with E-state index in [-0.39, 0.29) is 24.8 Å². The van der Waals surface area contributed by atoms with E-state index in [9.17, 15) is 14.4 Å². The zero-order valence-electron chi connectivity index (χ0n) is 12.2. The molecule has 2 heterocycles. The number of rotatable bonds is 5. The van der Waals surface area contributed by atoms with Gasteiger partial charge in [-0.1, -0.05) is 12.1 Å². The predicted octanol–water partition coefficient (Wildman–Crippen LogP) is 0.951. The van der Waals surface area contributed by atoms with Crippen molar-refractivity contribution in [2.24, 2.45) is 11.5 Å². The average Bonchev–Trinajstić information content (AvgIpc) is 3.07. The second kappa shape index (κ2) is 5.69. The van der Waals surface area contributed by atoms with E-state index in [0.717, 1.165) is 4.90 Å². The Labute approximate surface area is 131 Å². The number of nitrogens with zero attached hydrogens (tertiary/aromatic N) is 1. The summed E-state index contributed by atoms with van der Waals surface area (Å²) < 4.78 is 5.52. The van der Waals surface area contributed by atoms with Crippen molar-refractivity contribution in [1.29, 1.82) is 0 Å². The van der Waals surface area contributed by atoms with Gasteiger partial charge >= 0.3 is 0 Å². The minimum atomic E-state index is -0.650. The highest BCUT2D eigenvalue weighted by Crippen LogP contribution is 2.25. The molecule has 0 saturated carbocycles. The second-order valence-corrected chi connectivity index (χ2v) is 5.32. The molecule has 1 aliphatic rings. The van der Waals surface area contributed by atoms with Gasteiger partial charge in [-0.3, -0.25) is 19.3 Å². The maximum absolute atomic E-state index is 12.3. The standard InChI is InChI=1S/C16H15N3O4/c17-12(7-14(18)20)13-6-5-9(23-13)8-19-15(21)10-3-1-2-4-11(10)16(19)22/h1-6,12H,7-8,17H2,(H2,18,20). The van der Waals surface area contributed by atoms with Gasteiger partial charge in [0.05, 0.1) is 23.7 Å². The molecule has 23 heavy (non-hydrogen) atoms. The molecule has 1 atom stereocenters. The Morgan fingerprint density at radius 3 is 2.26 bits per heavy atom. The zero-order valence-corrected chi connectivity index (χ0v) is 12.2. The van der Waals surface area contributed by atoms with E-state index in [1.165, 1.54) is 0 Å². The first-order chi connectivity index (χ1) is 11.0. The molecule has 3 amide bonds. The summed E-state index contributed by atoms with van der Waals surface area (Å²) in [5.74, 6) is -0.449. The van der Waals surface area contributed by atoms with E-state index in [1.807, 2.05) is 0 Å². The van der Waals surface area contributed by atoms with Crippen LogP contribution < -0.4 is 11.5 Å². The quantitative estimate of drug-likeness (QED) is 0.796. The maximum atomic E-state index is 12.3. The third-order valence-corrected chi connectivity index (χ3v) is 3.66. The van der Waals surface area contributed by atoms with E-state index in [4.69, 9.17) is 15.9 Å². The fourth-order valence-electron chi connectivity index (χ4n) is 2.53. The zero-order chi connectivity index (χ0) is 16.6. The summed E-state index contributed by atoms with van der Waals surface area (Å²) in [6, 6.07) is 9.24. The molecule has 0 aliphatic carbocycles. The van der Waals surface area contributed by atoms with Crippen LogP contribution >= 0.6 is 0 Å².